The molecule has 0 saturated heterocycles. The Labute approximate surface area is 133 Å². The molecule has 5 heteroatoms. The maximum Gasteiger partial charge on any atom is 0.218 e. The lowest BCUT2D eigenvalue weighted by Crippen LogP contribution is -2.14. The zero-order valence-electron chi connectivity index (χ0n) is 13.9. The highest BCUT2D eigenvalue weighted by molar-refractivity contribution is 5.39. The first-order chi connectivity index (χ1) is 10.8. The van der Waals surface area contributed by atoms with Crippen LogP contribution in [0.25, 0.3) is 0 Å². The molecule has 0 aliphatic heterocycles. The van der Waals surface area contributed by atoms with E-state index in [4.69, 9.17) is 14.5 Å². The number of unbranched alkanes of at least 4 members (excludes halogenated alkanes) is 1. The molecule has 1 aromatic heterocycles. The van der Waals surface area contributed by atoms with Crippen molar-refractivity contribution in [2.75, 3.05) is 32.2 Å². The smallest absolute Gasteiger partial charge is 0.218 e. The van der Waals surface area contributed by atoms with Gasteiger partial charge in [0.05, 0.1) is 13.2 Å². The second kappa shape index (κ2) is 9.62. The van der Waals surface area contributed by atoms with E-state index in [1.165, 1.54) is 32.1 Å². The average molecular weight is 307 g/mol. The Bertz CT molecular complexity index is 406. The van der Waals surface area contributed by atoms with Gasteiger partial charge in [-0.2, -0.15) is 4.98 Å². The first-order valence-electron chi connectivity index (χ1n) is 8.58. The third kappa shape index (κ3) is 5.44. The minimum absolute atomic E-state index is 0.478. The summed E-state index contributed by atoms with van der Waals surface area (Å²) in [5, 5.41) is 3.30. The molecule has 1 saturated carbocycles. The largest absolute Gasteiger partial charge is 0.478 e. The lowest BCUT2D eigenvalue weighted by atomic mass is 9.89. The molecular weight excluding hydrogens is 278 g/mol. The molecule has 1 heterocycles. The van der Waals surface area contributed by atoms with Crippen LogP contribution in [-0.4, -0.2) is 36.8 Å². The molecule has 1 aliphatic rings. The number of hydrogen-bond acceptors (Lipinski definition) is 5. The van der Waals surface area contributed by atoms with Crippen molar-refractivity contribution in [2.45, 2.75) is 57.8 Å². The molecule has 0 spiro atoms. The fraction of sp³-hybridized carbons (Fsp3) is 0.765. The van der Waals surface area contributed by atoms with Crippen LogP contribution in [0.3, 0.4) is 0 Å². The predicted octanol–water partition coefficient (Wildman–Crippen LogP) is 3.76. The number of rotatable bonds is 9. The second-order valence-corrected chi connectivity index (χ2v) is 5.91. The van der Waals surface area contributed by atoms with Crippen LogP contribution in [0.2, 0.25) is 0 Å². The Morgan fingerprint density at radius 1 is 1.18 bits per heavy atom. The van der Waals surface area contributed by atoms with Crippen molar-refractivity contribution < 1.29 is 9.47 Å². The quantitative estimate of drug-likeness (QED) is 0.704. The molecule has 5 nitrogen and oxygen atoms in total. The maximum atomic E-state index is 5.80. The molecule has 0 amide bonds. The van der Waals surface area contributed by atoms with Gasteiger partial charge in [0.2, 0.25) is 5.88 Å². The second-order valence-electron chi connectivity index (χ2n) is 5.91. The van der Waals surface area contributed by atoms with E-state index in [0.717, 1.165) is 37.6 Å². The number of anilines is 1. The van der Waals surface area contributed by atoms with Crippen LogP contribution in [0.15, 0.2) is 6.07 Å². The van der Waals surface area contributed by atoms with E-state index in [1.54, 1.807) is 7.11 Å². The van der Waals surface area contributed by atoms with Crippen molar-refractivity contribution >= 4 is 5.82 Å². The maximum absolute atomic E-state index is 5.80. The Morgan fingerprint density at radius 2 is 2.00 bits per heavy atom. The third-order valence-corrected chi connectivity index (χ3v) is 4.05. The highest BCUT2D eigenvalue weighted by Crippen LogP contribution is 2.32. The number of methoxy groups -OCH3 is 1. The van der Waals surface area contributed by atoms with E-state index < -0.39 is 0 Å². The van der Waals surface area contributed by atoms with Crippen LogP contribution in [-0.2, 0) is 4.74 Å². The van der Waals surface area contributed by atoms with Crippen LogP contribution in [0, 0.1) is 0 Å². The van der Waals surface area contributed by atoms with Crippen molar-refractivity contribution in [3.8, 4) is 5.88 Å². The summed E-state index contributed by atoms with van der Waals surface area (Å²) < 4.78 is 10.9. The van der Waals surface area contributed by atoms with Crippen molar-refractivity contribution in [3.05, 3.63) is 11.9 Å². The molecule has 0 aromatic carbocycles. The zero-order valence-corrected chi connectivity index (χ0v) is 13.9. The zero-order chi connectivity index (χ0) is 15.6. The topological polar surface area (TPSA) is 56.3 Å². The van der Waals surface area contributed by atoms with Crippen molar-refractivity contribution in [2.24, 2.45) is 0 Å². The summed E-state index contributed by atoms with van der Waals surface area (Å²) in [5.41, 5.74) is 0. The summed E-state index contributed by atoms with van der Waals surface area (Å²) in [6, 6.07) is 1.90. The van der Waals surface area contributed by atoms with Gasteiger partial charge in [-0.25, -0.2) is 4.98 Å². The van der Waals surface area contributed by atoms with E-state index in [2.05, 4.69) is 17.2 Å². The van der Waals surface area contributed by atoms with Crippen molar-refractivity contribution in [1.82, 2.24) is 9.97 Å². The Hall–Kier alpha value is -1.36. The molecule has 22 heavy (non-hydrogen) atoms. The van der Waals surface area contributed by atoms with Gasteiger partial charge in [-0.3, -0.25) is 0 Å². The van der Waals surface area contributed by atoms with Gasteiger partial charge in [0.25, 0.3) is 0 Å². The number of nitrogens with zero attached hydrogens (tertiary/aromatic N) is 2. The van der Waals surface area contributed by atoms with Gasteiger partial charge in [0.1, 0.15) is 11.6 Å². The minimum Gasteiger partial charge on any atom is -0.478 e. The highest BCUT2D eigenvalue weighted by atomic mass is 16.5. The van der Waals surface area contributed by atoms with Crippen LogP contribution in [0.4, 0.5) is 5.82 Å². The molecule has 0 atom stereocenters. The first-order valence-corrected chi connectivity index (χ1v) is 8.58. The van der Waals surface area contributed by atoms with E-state index in [9.17, 15) is 0 Å². The third-order valence-electron chi connectivity index (χ3n) is 4.05. The van der Waals surface area contributed by atoms with Gasteiger partial charge in [-0.1, -0.05) is 32.6 Å². The molecule has 1 fully saturated rings. The Morgan fingerprint density at radius 3 is 2.73 bits per heavy atom. The molecule has 1 aliphatic carbocycles. The lowest BCUT2D eigenvalue weighted by molar-refractivity contribution is 0.210. The molecule has 0 unspecified atom stereocenters. The van der Waals surface area contributed by atoms with E-state index in [-0.39, 0.29) is 0 Å². The van der Waals surface area contributed by atoms with Crippen molar-refractivity contribution in [1.29, 1.82) is 0 Å². The normalized spacial score (nSPS) is 15.7. The summed E-state index contributed by atoms with van der Waals surface area (Å²) in [5.74, 6) is 2.96. The van der Waals surface area contributed by atoms with Crippen LogP contribution in [0.1, 0.15) is 63.6 Å². The fourth-order valence-corrected chi connectivity index (χ4v) is 2.75. The van der Waals surface area contributed by atoms with E-state index in [1.807, 2.05) is 6.07 Å². The van der Waals surface area contributed by atoms with Crippen LogP contribution in [0.5, 0.6) is 5.88 Å². The summed E-state index contributed by atoms with van der Waals surface area (Å²) in [6.45, 7) is 4.28. The van der Waals surface area contributed by atoms with Crippen LogP contribution >= 0.6 is 0 Å². The fourth-order valence-electron chi connectivity index (χ4n) is 2.75. The van der Waals surface area contributed by atoms with Gasteiger partial charge in [0, 0.05) is 25.6 Å². The van der Waals surface area contributed by atoms with Crippen LogP contribution < -0.4 is 10.1 Å². The molecule has 0 radical (unpaired) electrons. The summed E-state index contributed by atoms with van der Waals surface area (Å²) in [4.78, 5) is 9.35. The molecule has 124 valence electrons. The van der Waals surface area contributed by atoms with Gasteiger partial charge < -0.3 is 14.8 Å². The predicted molar refractivity (Wildman–Crippen MR) is 88.6 cm³/mol. The van der Waals surface area contributed by atoms with E-state index in [0.29, 0.717) is 18.4 Å². The van der Waals surface area contributed by atoms with Gasteiger partial charge in [0.15, 0.2) is 0 Å². The van der Waals surface area contributed by atoms with Crippen molar-refractivity contribution in [3.63, 3.8) is 0 Å². The molecule has 0 bridgehead atoms. The number of aromatic nitrogens is 2. The van der Waals surface area contributed by atoms with Gasteiger partial charge >= 0.3 is 0 Å². The number of hydrogen-bond donors (Lipinski definition) is 1. The Balaban J connectivity index is 2.07. The molecular formula is C17H29N3O2. The first kappa shape index (κ1) is 17.0. The summed E-state index contributed by atoms with van der Waals surface area (Å²) in [6.07, 6.45) is 8.45. The highest BCUT2D eigenvalue weighted by Gasteiger charge is 2.19. The monoisotopic (exact) mass is 307 g/mol. The van der Waals surface area contributed by atoms with E-state index >= 15 is 0 Å². The summed E-state index contributed by atoms with van der Waals surface area (Å²) >= 11 is 0. The number of nitrogens with one attached hydrogen (secondary N) is 1. The Kier molecular flexibility index (Phi) is 7.43. The average Bonchev–Trinajstić information content (AvgIpc) is 2.56. The standard InChI is InChI=1S/C17H29N3O2/c1-3-4-11-22-16-13-15(18-10-12-21-2)19-17(20-16)14-8-6-5-7-9-14/h13-14H,3-12H2,1-2H3,(H,18,19,20). The molecule has 1 N–H and O–H groups in total. The van der Waals surface area contributed by atoms with Gasteiger partial charge in [-0.05, 0) is 19.3 Å². The molecule has 1 aromatic rings. The van der Waals surface area contributed by atoms with Gasteiger partial charge in [-0.15, -0.1) is 0 Å². The number of ether oxygens (including phenoxy) is 2. The summed E-state index contributed by atoms with van der Waals surface area (Å²) in [7, 11) is 1.70. The minimum atomic E-state index is 0.478. The SMILES string of the molecule is CCCCOc1cc(NCCOC)nc(C2CCCCC2)n1. The molecule has 2 rings (SSSR count). The lowest BCUT2D eigenvalue weighted by Gasteiger charge is -2.21.